The van der Waals surface area contributed by atoms with Crippen molar-refractivity contribution < 1.29 is 4.79 Å². The summed E-state index contributed by atoms with van der Waals surface area (Å²) in [6.07, 6.45) is 0.546. The number of hydrogen-bond donors (Lipinski definition) is 1. The fourth-order valence-electron chi connectivity index (χ4n) is 1.95. The number of nitrogens with one attached hydrogen (secondary N) is 1. The van der Waals surface area contributed by atoms with Crippen molar-refractivity contribution in [1.29, 1.82) is 0 Å². The average molecular weight is 283 g/mol. The van der Waals surface area contributed by atoms with Gasteiger partial charge >= 0.3 is 0 Å². The second-order valence-electron chi connectivity index (χ2n) is 4.25. The highest BCUT2D eigenvalue weighted by Gasteiger charge is 2.20. The maximum absolute atomic E-state index is 11.6. The lowest BCUT2D eigenvalue weighted by Gasteiger charge is -2.28. The van der Waals surface area contributed by atoms with E-state index in [1.54, 1.807) is 0 Å². The van der Waals surface area contributed by atoms with Gasteiger partial charge in [-0.25, -0.2) is 0 Å². The number of fused-ring (bicyclic) bond motifs is 1. The molecule has 1 N–H and O–H groups in total. The summed E-state index contributed by atoms with van der Waals surface area (Å²) < 4.78 is 0.983. The molecule has 2 rings (SSSR count). The van der Waals surface area contributed by atoms with Gasteiger partial charge in [-0.05, 0) is 32.0 Å². The zero-order chi connectivity index (χ0) is 11.7. The molecule has 1 aliphatic rings. The largest absolute Gasteiger partial charge is 0.367 e. The average Bonchev–Trinajstić information content (AvgIpc) is 2.35. The Labute approximate surface area is 104 Å². The topological polar surface area (TPSA) is 32.3 Å². The molecular formula is C12H15BrN2O. The molecule has 0 atom stereocenters. The number of carbonyl (C=O) groups is 1. The van der Waals surface area contributed by atoms with Gasteiger partial charge in [-0.15, -0.1) is 0 Å². The molecule has 1 amide bonds. The zero-order valence-corrected chi connectivity index (χ0v) is 11.0. The molecule has 1 aromatic rings. The maximum atomic E-state index is 11.6. The van der Waals surface area contributed by atoms with E-state index in [0.717, 1.165) is 22.4 Å². The van der Waals surface area contributed by atoms with Gasteiger partial charge in [0.2, 0.25) is 5.91 Å². The molecule has 0 fully saturated rings. The Bertz CT molecular complexity index is 417. The van der Waals surface area contributed by atoms with Gasteiger partial charge in [0, 0.05) is 23.5 Å². The van der Waals surface area contributed by atoms with Crippen molar-refractivity contribution in [2.75, 3.05) is 16.8 Å². The molecule has 0 aliphatic carbocycles. The third-order valence-electron chi connectivity index (χ3n) is 2.75. The lowest BCUT2D eigenvalue weighted by Crippen LogP contribution is -2.31. The molecule has 16 heavy (non-hydrogen) atoms. The molecule has 0 bridgehead atoms. The second-order valence-corrected chi connectivity index (χ2v) is 5.16. The molecule has 0 saturated carbocycles. The molecule has 0 radical (unpaired) electrons. The molecule has 4 heteroatoms. The minimum Gasteiger partial charge on any atom is -0.367 e. The molecule has 0 spiro atoms. The van der Waals surface area contributed by atoms with E-state index in [-0.39, 0.29) is 5.91 Å². The van der Waals surface area contributed by atoms with Crippen LogP contribution < -0.4 is 10.2 Å². The van der Waals surface area contributed by atoms with E-state index in [1.165, 1.54) is 0 Å². The first-order valence-electron chi connectivity index (χ1n) is 5.44. The summed E-state index contributed by atoms with van der Waals surface area (Å²) >= 11 is 3.42. The third kappa shape index (κ3) is 2.21. The Morgan fingerprint density at radius 2 is 2.19 bits per heavy atom. The van der Waals surface area contributed by atoms with Gasteiger partial charge in [-0.3, -0.25) is 4.79 Å². The first-order valence-corrected chi connectivity index (χ1v) is 6.23. The fraction of sp³-hybridized carbons (Fsp3) is 0.417. The van der Waals surface area contributed by atoms with Crippen LogP contribution >= 0.6 is 15.9 Å². The minimum atomic E-state index is 0.0856. The summed E-state index contributed by atoms with van der Waals surface area (Å²) in [5, 5.41) is 2.94. The Balaban J connectivity index is 2.46. The van der Waals surface area contributed by atoms with Crippen molar-refractivity contribution in [3.05, 3.63) is 22.7 Å². The molecule has 3 nitrogen and oxygen atoms in total. The Morgan fingerprint density at radius 1 is 1.44 bits per heavy atom. The summed E-state index contributed by atoms with van der Waals surface area (Å²) in [4.78, 5) is 13.8. The van der Waals surface area contributed by atoms with Crippen LogP contribution in [0.4, 0.5) is 11.4 Å². The van der Waals surface area contributed by atoms with Crippen molar-refractivity contribution >= 4 is 33.2 Å². The number of hydrogen-bond acceptors (Lipinski definition) is 2. The van der Waals surface area contributed by atoms with Crippen molar-refractivity contribution in [2.24, 2.45) is 0 Å². The van der Waals surface area contributed by atoms with Crippen LogP contribution in [0, 0.1) is 0 Å². The standard InChI is InChI=1S/C12H15BrN2O/c1-8(2)15-6-5-12(16)14-10-7-9(13)3-4-11(10)15/h3-4,7-8H,5-6H2,1-2H3,(H,14,16). The number of anilines is 2. The van der Waals surface area contributed by atoms with Crippen LogP contribution in [-0.2, 0) is 4.79 Å². The zero-order valence-electron chi connectivity index (χ0n) is 9.46. The number of amides is 1. The van der Waals surface area contributed by atoms with Crippen LogP contribution in [0.3, 0.4) is 0 Å². The van der Waals surface area contributed by atoms with Gasteiger partial charge < -0.3 is 10.2 Å². The highest BCUT2D eigenvalue weighted by Crippen LogP contribution is 2.32. The fourth-order valence-corrected chi connectivity index (χ4v) is 2.31. The summed E-state index contributed by atoms with van der Waals surface area (Å²) in [5.74, 6) is 0.0856. The number of halogens is 1. The normalized spacial score (nSPS) is 15.8. The number of carbonyl (C=O) groups excluding carboxylic acids is 1. The lowest BCUT2D eigenvalue weighted by atomic mass is 10.2. The molecule has 0 unspecified atom stereocenters. The number of rotatable bonds is 1. The Hall–Kier alpha value is -1.03. The van der Waals surface area contributed by atoms with E-state index >= 15 is 0 Å². The smallest absolute Gasteiger partial charge is 0.226 e. The monoisotopic (exact) mass is 282 g/mol. The van der Waals surface area contributed by atoms with E-state index in [2.05, 4.69) is 40.0 Å². The van der Waals surface area contributed by atoms with Gasteiger partial charge in [0.1, 0.15) is 0 Å². The molecule has 0 saturated heterocycles. The van der Waals surface area contributed by atoms with Crippen LogP contribution in [0.1, 0.15) is 20.3 Å². The Morgan fingerprint density at radius 3 is 2.88 bits per heavy atom. The quantitative estimate of drug-likeness (QED) is 0.859. The van der Waals surface area contributed by atoms with Crippen molar-refractivity contribution in [3.8, 4) is 0 Å². The Kier molecular flexibility index (Phi) is 3.19. The van der Waals surface area contributed by atoms with Gasteiger partial charge in [-0.1, -0.05) is 15.9 Å². The number of benzene rings is 1. The lowest BCUT2D eigenvalue weighted by molar-refractivity contribution is -0.115. The molecular weight excluding hydrogens is 268 g/mol. The van der Waals surface area contributed by atoms with Crippen LogP contribution in [0.25, 0.3) is 0 Å². The molecule has 86 valence electrons. The first kappa shape index (κ1) is 11.5. The van der Waals surface area contributed by atoms with Crippen molar-refractivity contribution in [1.82, 2.24) is 0 Å². The molecule has 0 aromatic heterocycles. The van der Waals surface area contributed by atoms with Crippen LogP contribution in [0.2, 0.25) is 0 Å². The summed E-state index contributed by atoms with van der Waals surface area (Å²) in [7, 11) is 0. The predicted molar refractivity (Wildman–Crippen MR) is 69.9 cm³/mol. The highest BCUT2D eigenvalue weighted by molar-refractivity contribution is 9.10. The molecule has 1 aromatic carbocycles. The summed E-state index contributed by atoms with van der Waals surface area (Å²) in [5.41, 5.74) is 2.00. The first-order chi connectivity index (χ1) is 7.58. The summed E-state index contributed by atoms with van der Waals surface area (Å²) in [6.45, 7) is 5.06. The molecule has 1 aliphatic heterocycles. The predicted octanol–water partition coefficient (Wildman–Crippen LogP) is 3.01. The van der Waals surface area contributed by atoms with Crippen molar-refractivity contribution in [2.45, 2.75) is 26.3 Å². The molecule has 1 heterocycles. The SMILES string of the molecule is CC(C)N1CCC(=O)Nc2cc(Br)ccc21. The van der Waals surface area contributed by atoms with Crippen LogP contribution in [0.15, 0.2) is 22.7 Å². The third-order valence-corrected chi connectivity index (χ3v) is 3.24. The van der Waals surface area contributed by atoms with Gasteiger partial charge in [0.25, 0.3) is 0 Å². The van der Waals surface area contributed by atoms with Crippen molar-refractivity contribution in [3.63, 3.8) is 0 Å². The van der Waals surface area contributed by atoms with E-state index in [0.29, 0.717) is 12.5 Å². The van der Waals surface area contributed by atoms with E-state index < -0.39 is 0 Å². The summed E-state index contributed by atoms with van der Waals surface area (Å²) in [6, 6.07) is 6.40. The van der Waals surface area contributed by atoms with E-state index in [1.807, 2.05) is 18.2 Å². The highest BCUT2D eigenvalue weighted by atomic mass is 79.9. The van der Waals surface area contributed by atoms with Gasteiger partial charge in [-0.2, -0.15) is 0 Å². The maximum Gasteiger partial charge on any atom is 0.226 e. The van der Waals surface area contributed by atoms with Gasteiger partial charge in [0.15, 0.2) is 0 Å². The van der Waals surface area contributed by atoms with Crippen LogP contribution in [-0.4, -0.2) is 18.5 Å². The second kappa shape index (κ2) is 4.45. The van der Waals surface area contributed by atoms with E-state index in [9.17, 15) is 4.79 Å². The van der Waals surface area contributed by atoms with Gasteiger partial charge in [0.05, 0.1) is 11.4 Å². The minimum absolute atomic E-state index is 0.0856. The van der Waals surface area contributed by atoms with E-state index in [4.69, 9.17) is 0 Å². The number of nitrogens with zero attached hydrogens (tertiary/aromatic N) is 1. The van der Waals surface area contributed by atoms with Crippen LogP contribution in [0.5, 0.6) is 0 Å².